The lowest BCUT2D eigenvalue weighted by atomic mass is 10.2. The summed E-state index contributed by atoms with van der Waals surface area (Å²) in [7, 11) is 1.69. The molecule has 1 unspecified atom stereocenters. The van der Waals surface area contributed by atoms with Crippen molar-refractivity contribution < 1.29 is 10.0 Å². The lowest BCUT2D eigenvalue weighted by molar-refractivity contribution is 0.0752. The number of oxime groups is 1. The van der Waals surface area contributed by atoms with Gasteiger partial charge in [0.15, 0.2) is 0 Å². The molecule has 1 heterocycles. The lowest BCUT2D eigenvalue weighted by Gasteiger charge is -2.23. The van der Waals surface area contributed by atoms with E-state index in [1.807, 2.05) is 6.92 Å². The number of carbonyl (C=O) groups is 1. The average molecular weight is 399 g/mol. The molecule has 8 heteroatoms. The zero-order chi connectivity index (χ0) is 13.9. The van der Waals surface area contributed by atoms with Gasteiger partial charge in [0.2, 0.25) is 0 Å². The Balaban J connectivity index is 2.77. The van der Waals surface area contributed by atoms with E-state index >= 15 is 0 Å². The second kappa shape index (κ2) is 6.53. The van der Waals surface area contributed by atoms with E-state index in [4.69, 9.17) is 10.9 Å². The highest BCUT2D eigenvalue weighted by Crippen LogP contribution is 2.33. The molecule has 0 aromatic carbocycles. The maximum atomic E-state index is 12.2. The summed E-state index contributed by atoms with van der Waals surface area (Å²) in [5.41, 5.74) is 5.43. The molecule has 1 atom stereocenters. The van der Waals surface area contributed by atoms with E-state index in [0.717, 1.165) is 8.26 Å². The molecule has 18 heavy (non-hydrogen) atoms. The van der Waals surface area contributed by atoms with E-state index < -0.39 is 0 Å². The summed E-state index contributed by atoms with van der Waals surface area (Å²) in [6, 6.07) is 1.62. The second-order valence-corrected chi connectivity index (χ2v) is 7.02. The fourth-order valence-corrected chi connectivity index (χ4v) is 3.32. The minimum Gasteiger partial charge on any atom is -0.409 e. The first-order valence-electron chi connectivity index (χ1n) is 5.05. The number of hydrogen-bond donors (Lipinski definition) is 2. The Bertz CT molecular complexity index is 456. The smallest absolute Gasteiger partial charge is 0.263 e. The molecule has 1 amide bonds. The zero-order valence-corrected chi connectivity index (χ0v) is 13.8. The molecule has 0 aliphatic heterocycles. The molecular formula is C10H13Br2N3O2S. The SMILES string of the molecule is CC(CC(N)=NO)N(C)C(=O)c1cc(Br)c(Br)s1. The minimum absolute atomic E-state index is 0.0929. The molecular weight excluding hydrogens is 386 g/mol. The Hall–Kier alpha value is -0.600. The van der Waals surface area contributed by atoms with E-state index in [1.54, 1.807) is 18.0 Å². The number of hydrogen-bond acceptors (Lipinski definition) is 4. The zero-order valence-electron chi connectivity index (χ0n) is 9.85. The summed E-state index contributed by atoms with van der Waals surface area (Å²) in [5, 5.41) is 11.4. The Kier molecular flexibility index (Phi) is 5.61. The highest BCUT2D eigenvalue weighted by Gasteiger charge is 2.21. The van der Waals surface area contributed by atoms with Crippen molar-refractivity contribution in [3.05, 3.63) is 19.2 Å². The van der Waals surface area contributed by atoms with Crippen molar-refractivity contribution in [2.75, 3.05) is 7.05 Å². The van der Waals surface area contributed by atoms with Gasteiger partial charge in [-0.1, -0.05) is 5.16 Å². The van der Waals surface area contributed by atoms with Crippen LogP contribution in [0.3, 0.4) is 0 Å². The first-order chi connectivity index (χ1) is 8.36. The van der Waals surface area contributed by atoms with Gasteiger partial charge < -0.3 is 15.8 Å². The van der Waals surface area contributed by atoms with Gasteiger partial charge in [-0.3, -0.25) is 4.79 Å². The predicted octanol–water partition coefficient (Wildman–Crippen LogP) is 2.87. The van der Waals surface area contributed by atoms with Crippen LogP contribution in [0.5, 0.6) is 0 Å². The maximum Gasteiger partial charge on any atom is 0.263 e. The number of halogens is 2. The Morgan fingerprint density at radius 2 is 2.28 bits per heavy atom. The summed E-state index contributed by atoms with van der Waals surface area (Å²) >= 11 is 8.05. The fraction of sp³-hybridized carbons (Fsp3) is 0.400. The predicted molar refractivity (Wildman–Crippen MR) is 79.3 cm³/mol. The summed E-state index contributed by atoms with van der Waals surface area (Å²) in [5.74, 6) is 0.0142. The van der Waals surface area contributed by atoms with Crippen molar-refractivity contribution in [3.8, 4) is 0 Å². The van der Waals surface area contributed by atoms with Gasteiger partial charge in [-0.2, -0.15) is 0 Å². The van der Waals surface area contributed by atoms with Crippen LogP contribution in [-0.4, -0.2) is 34.9 Å². The molecule has 0 radical (unpaired) electrons. The quantitative estimate of drug-likeness (QED) is 0.354. The molecule has 5 nitrogen and oxygen atoms in total. The topological polar surface area (TPSA) is 78.9 Å². The van der Waals surface area contributed by atoms with Crippen molar-refractivity contribution in [2.45, 2.75) is 19.4 Å². The van der Waals surface area contributed by atoms with Gasteiger partial charge in [-0.15, -0.1) is 11.3 Å². The molecule has 1 aromatic heterocycles. The fourth-order valence-electron chi connectivity index (χ4n) is 1.31. The summed E-state index contributed by atoms with van der Waals surface area (Å²) in [6.45, 7) is 1.84. The van der Waals surface area contributed by atoms with Crippen molar-refractivity contribution in [2.24, 2.45) is 10.9 Å². The van der Waals surface area contributed by atoms with Crippen molar-refractivity contribution >= 4 is 54.9 Å². The molecule has 0 saturated carbocycles. The van der Waals surface area contributed by atoms with Crippen LogP contribution in [0.1, 0.15) is 23.0 Å². The van der Waals surface area contributed by atoms with Crippen LogP contribution in [0.2, 0.25) is 0 Å². The lowest BCUT2D eigenvalue weighted by Crippen LogP contribution is -2.37. The molecule has 0 aliphatic rings. The van der Waals surface area contributed by atoms with E-state index in [-0.39, 0.29) is 17.8 Å². The van der Waals surface area contributed by atoms with E-state index in [0.29, 0.717) is 11.3 Å². The van der Waals surface area contributed by atoms with Gasteiger partial charge in [0, 0.05) is 24.0 Å². The van der Waals surface area contributed by atoms with Crippen LogP contribution in [0.25, 0.3) is 0 Å². The normalized spacial score (nSPS) is 13.4. The first kappa shape index (κ1) is 15.5. The van der Waals surface area contributed by atoms with Crippen molar-refractivity contribution in [3.63, 3.8) is 0 Å². The summed E-state index contributed by atoms with van der Waals surface area (Å²) in [4.78, 5) is 14.4. The Morgan fingerprint density at radius 1 is 1.67 bits per heavy atom. The Labute approximate surface area is 126 Å². The molecule has 1 rings (SSSR count). The first-order valence-corrected chi connectivity index (χ1v) is 7.45. The standard InChI is InChI=1S/C10H13Br2N3O2S/c1-5(3-8(13)14-17)15(2)10(16)7-4-6(11)9(12)18-7/h4-5,17H,3H2,1-2H3,(H2,13,14). The monoisotopic (exact) mass is 397 g/mol. The molecule has 0 aliphatic carbocycles. The highest BCUT2D eigenvalue weighted by atomic mass is 79.9. The minimum atomic E-state index is -0.145. The van der Waals surface area contributed by atoms with Gasteiger partial charge in [-0.05, 0) is 44.8 Å². The third-order valence-corrected chi connectivity index (χ3v) is 5.71. The molecule has 100 valence electrons. The highest BCUT2D eigenvalue weighted by molar-refractivity contribution is 9.13. The van der Waals surface area contributed by atoms with E-state index in [1.165, 1.54) is 11.3 Å². The van der Waals surface area contributed by atoms with Crippen LogP contribution in [0.4, 0.5) is 0 Å². The number of rotatable bonds is 4. The number of nitrogens with zero attached hydrogens (tertiary/aromatic N) is 2. The number of carbonyl (C=O) groups excluding carboxylic acids is 1. The van der Waals surface area contributed by atoms with Crippen LogP contribution in [0, 0.1) is 0 Å². The van der Waals surface area contributed by atoms with Crippen LogP contribution >= 0.6 is 43.2 Å². The van der Waals surface area contributed by atoms with Gasteiger partial charge in [0.05, 0.1) is 8.66 Å². The molecule has 0 saturated heterocycles. The Morgan fingerprint density at radius 3 is 2.72 bits per heavy atom. The maximum absolute atomic E-state index is 12.2. The van der Waals surface area contributed by atoms with Crippen LogP contribution in [-0.2, 0) is 0 Å². The number of thiophene rings is 1. The van der Waals surface area contributed by atoms with Crippen LogP contribution < -0.4 is 5.73 Å². The summed E-state index contributed by atoms with van der Waals surface area (Å²) in [6.07, 6.45) is 0.326. The molecule has 0 spiro atoms. The van der Waals surface area contributed by atoms with Gasteiger partial charge in [-0.25, -0.2) is 0 Å². The number of amidine groups is 1. The van der Waals surface area contributed by atoms with E-state index in [9.17, 15) is 4.79 Å². The van der Waals surface area contributed by atoms with Crippen molar-refractivity contribution in [1.29, 1.82) is 0 Å². The van der Waals surface area contributed by atoms with Crippen molar-refractivity contribution in [1.82, 2.24) is 4.90 Å². The van der Waals surface area contributed by atoms with Crippen LogP contribution in [0.15, 0.2) is 19.5 Å². The number of amides is 1. The van der Waals surface area contributed by atoms with Gasteiger partial charge in [0.25, 0.3) is 5.91 Å². The number of nitrogens with two attached hydrogens (primary N) is 1. The molecule has 0 fully saturated rings. The average Bonchev–Trinajstić information content (AvgIpc) is 2.67. The molecule has 1 aromatic rings. The third-order valence-electron chi connectivity index (χ3n) is 2.47. The molecule has 0 bridgehead atoms. The van der Waals surface area contributed by atoms with Gasteiger partial charge in [0.1, 0.15) is 5.84 Å². The molecule has 3 N–H and O–H groups in total. The van der Waals surface area contributed by atoms with E-state index in [2.05, 4.69) is 37.0 Å². The largest absolute Gasteiger partial charge is 0.409 e. The summed E-state index contributed by atoms with van der Waals surface area (Å²) < 4.78 is 1.73. The second-order valence-electron chi connectivity index (χ2n) is 3.79. The third kappa shape index (κ3) is 3.69. The van der Waals surface area contributed by atoms with Gasteiger partial charge >= 0.3 is 0 Å².